The number of hydrogen-bond donors (Lipinski definition) is 1. The summed E-state index contributed by atoms with van der Waals surface area (Å²) in [6, 6.07) is 22.0. The molecule has 224 valence electrons. The zero-order valence-electron chi connectivity index (χ0n) is 24.2. The molecule has 2 aliphatic rings. The van der Waals surface area contributed by atoms with Gasteiger partial charge in [-0.3, -0.25) is 24.8 Å². The minimum absolute atomic E-state index is 0.173. The van der Waals surface area contributed by atoms with E-state index in [1.165, 1.54) is 51.2 Å². The van der Waals surface area contributed by atoms with E-state index in [4.69, 9.17) is 4.74 Å². The van der Waals surface area contributed by atoms with Gasteiger partial charge < -0.3 is 4.74 Å². The van der Waals surface area contributed by atoms with Crippen LogP contribution in [0.2, 0.25) is 0 Å². The number of nitrogens with one attached hydrogen (secondary N) is 1. The van der Waals surface area contributed by atoms with Gasteiger partial charge in [0.2, 0.25) is 11.0 Å². The minimum atomic E-state index is -0.736. The van der Waals surface area contributed by atoms with Crippen LogP contribution in [-0.4, -0.2) is 50.5 Å². The molecule has 2 aromatic carbocycles. The number of benzene rings is 2. The number of nitrogens with zero attached hydrogens (tertiary/aromatic N) is 4. The molecule has 0 aliphatic carbocycles. The molecule has 2 aromatic heterocycles. The summed E-state index contributed by atoms with van der Waals surface area (Å²) in [5.41, 5.74) is 6.22. The number of β-lactam (4-membered cyclic amide) rings is 1. The summed E-state index contributed by atoms with van der Waals surface area (Å²) < 4.78 is 6.28. The van der Waals surface area contributed by atoms with Crippen molar-refractivity contribution in [1.82, 2.24) is 9.88 Å². The van der Waals surface area contributed by atoms with Crippen LogP contribution >= 0.6 is 34.4 Å². The van der Waals surface area contributed by atoms with Crippen molar-refractivity contribution >= 4 is 73.6 Å². The van der Waals surface area contributed by atoms with Crippen molar-refractivity contribution in [3.05, 3.63) is 106 Å². The van der Waals surface area contributed by atoms with Gasteiger partial charge in [0.25, 0.3) is 5.91 Å². The number of amides is 2. The monoisotopic (exact) mass is 643 g/mol. The van der Waals surface area contributed by atoms with E-state index < -0.39 is 23.5 Å². The van der Waals surface area contributed by atoms with Crippen LogP contribution in [0.15, 0.2) is 95.2 Å². The fraction of sp³-hybridized carbons (Fsp3) is 0.219. The van der Waals surface area contributed by atoms with Gasteiger partial charge in [0.15, 0.2) is 6.10 Å². The molecule has 9 nitrogen and oxygen atoms in total. The number of hydrogen-bond acceptors (Lipinski definition) is 10. The van der Waals surface area contributed by atoms with Gasteiger partial charge in [-0.25, -0.2) is 9.78 Å². The molecule has 0 radical (unpaired) electrons. The predicted molar refractivity (Wildman–Crippen MR) is 177 cm³/mol. The van der Waals surface area contributed by atoms with Gasteiger partial charge in [0, 0.05) is 30.2 Å². The van der Waals surface area contributed by atoms with Gasteiger partial charge in [-0.2, -0.15) is 5.10 Å². The van der Waals surface area contributed by atoms with E-state index >= 15 is 0 Å². The summed E-state index contributed by atoms with van der Waals surface area (Å²) >= 11 is 4.25. The van der Waals surface area contributed by atoms with Crippen LogP contribution in [0.4, 0.5) is 10.1 Å². The van der Waals surface area contributed by atoms with Crippen molar-refractivity contribution in [1.29, 1.82) is 0 Å². The molecule has 0 saturated carbocycles. The third kappa shape index (κ3) is 5.80. The Balaban J connectivity index is 1.40. The van der Waals surface area contributed by atoms with Crippen LogP contribution in [0, 0.1) is 0 Å². The maximum absolute atomic E-state index is 14.3. The maximum Gasteiger partial charge on any atom is 0.356 e. The second-order valence-corrected chi connectivity index (χ2v) is 13.4. The molecule has 4 aromatic rings. The third-order valence-corrected chi connectivity index (χ3v) is 10.2. The van der Waals surface area contributed by atoms with Gasteiger partial charge in [-0.05, 0) is 42.5 Å². The van der Waals surface area contributed by atoms with Crippen molar-refractivity contribution < 1.29 is 19.1 Å². The van der Waals surface area contributed by atoms with Crippen molar-refractivity contribution in [2.45, 2.75) is 38.3 Å². The zero-order chi connectivity index (χ0) is 30.8. The molecule has 0 bridgehead atoms. The van der Waals surface area contributed by atoms with Gasteiger partial charge in [0.1, 0.15) is 17.1 Å². The number of thiophene rings is 1. The highest BCUT2D eigenvalue weighted by atomic mass is 32.2. The summed E-state index contributed by atoms with van der Waals surface area (Å²) in [6.45, 7) is 5.20. The largest absolute Gasteiger partial charge is 0.448 e. The summed E-state index contributed by atoms with van der Waals surface area (Å²) in [4.78, 5) is 49.3. The highest BCUT2D eigenvalue weighted by Gasteiger charge is 2.57. The number of esters is 1. The van der Waals surface area contributed by atoms with Crippen molar-refractivity contribution in [3.63, 3.8) is 0 Å². The molecular formula is C32H29N5O4S3. The fourth-order valence-corrected chi connectivity index (χ4v) is 8.26. The number of ether oxygens (including phenoxy) is 1. The first kappa shape index (κ1) is 29.8. The molecule has 12 heteroatoms. The molecule has 2 atom stereocenters. The van der Waals surface area contributed by atoms with Gasteiger partial charge in [-0.15, -0.1) is 23.1 Å². The molecule has 44 heavy (non-hydrogen) atoms. The minimum Gasteiger partial charge on any atom is -0.448 e. The lowest BCUT2D eigenvalue weighted by molar-refractivity contribution is -0.153. The Morgan fingerprint density at radius 3 is 2.30 bits per heavy atom. The molecule has 2 amide bonds. The Bertz CT molecular complexity index is 1690. The highest BCUT2D eigenvalue weighted by Crippen LogP contribution is 2.48. The van der Waals surface area contributed by atoms with E-state index in [1.54, 1.807) is 6.20 Å². The molecule has 4 heterocycles. The average Bonchev–Trinajstić information content (AvgIpc) is 3.74. The van der Waals surface area contributed by atoms with Crippen molar-refractivity contribution in [2.24, 2.45) is 5.10 Å². The first-order valence-corrected chi connectivity index (χ1v) is 16.6. The standard InChI is InChI=1S/C32H29N5O4S3/c1-19(2)34-35-32-33-17-24(44-32)23-18-43-30-27(36(20(3)38)25-15-10-16-42-25)29(39)37(30)26(23)31(40)41-28(21-11-6-4-7-12-21)22-13-8-5-9-14-22/h4-17,27-28,30H,18H2,1-3H3,(H,33,35). The number of fused-ring (bicyclic) bond motifs is 1. The number of anilines is 2. The summed E-state index contributed by atoms with van der Waals surface area (Å²) in [7, 11) is 0. The number of thiazole rings is 1. The molecule has 1 N–H and O–H groups in total. The maximum atomic E-state index is 14.3. The Morgan fingerprint density at radius 1 is 1.02 bits per heavy atom. The second-order valence-electron chi connectivity index (χ2n) is 10.3. The summed E-state index contributed by atoms with van der Waals surface area (Å²) in [6.07, 6.45) is 0.984. The smallest absolute Gasteiger partial charge is 0.356 e. The first-order valence-electron chi connectivity index (χ1n) is 13.9. The van der Waals surface area contributed by atoms with Crippen molar-refractivity contribution in [3.8, 4) is 0 Å². The quantitative estimate of drug-likeness (QED) is 0.0975. The topological polar surface area (TPSA) is 104 Å². The Hall–Kier alpha value is -4.26. The van der Waals surface area contributed by atoms with E-state index in [9.17, 15) is 14.4 Å². The van der Waals surface area contributed by atoms with Crippen LogP contribution < -0.4 is 10.3 Å². The lowest BCUT2D eigenvalue weighted by atomic mass is 9.99. The lowest BCUT2D eigenvalue weighted by Crippen LogP contribution is -2.71. The Labute approximate surface area is 267 Å². The van der Waals surface area contributed by atoms with Crippen LogP contribution in [-0.2, 0) is 19.1 Å². The molecule has 2 unspecified atom stereocenters. The normalized spacial score (nSPS) is 17.5. The van der Waals surface area contributed by atoms with E-state index in [0.717, 1.165) is 21.7 Å². The first-order chi connectivity index (χ1) is 21.3. The van der Waals surface area contributed by atoms with Crippen molar-refractivity contribution in [2.75, 3.05) is 16.1 Å². The molecule has 6 rings (SSSR count). The summed E-state index contributed by atoms with van der Waals surface area (Å²) in [5, 5.41) is 6.90. The van der Waals surface area contributed by atoms with Crippen LogP contribution in [0.1, 0.15) is 42.9 Å². The van der Waals surface area contributed by atoms with E-state index in [0.29, 0.717) is 21.5 Å². The Kier molecular flexibility index (Phi) is 8.65. The zero-order valence-corrected chi connectivity index (χ0v) is 26.6. The number of carbonyl (C=O) groups is 3. The molecule has 1 fully saturated rings. The highest BCUT2D eigenvalue weighted by molar-refractivity contribution is 8.00. The van der Waals surface area contributed by atoms with Gasteiger partial charge in [-0.1, -0.05) is 72.0 Å². The number of rotatable bonds is 9. The van der Waals surface area contributed by atoms with Crippen LogP contribution in [0.3, 0.4) is 0 Å². The van der Waals surface area contributed by atoms with Gasteiger partial charge >= 0.3 is 5.97 Å². The second kappa shape index (κ2) is 12.8. The SMILES string of the molecule is CC(=O)N(c1cccs1)C1C(=O)N2C(C(=O)OC(c3ccccc3)c3ccccc3)=C(c3cnc(NN=C(C)C)s3)CSC12. The number of aromatic nitrogens is 1. The van der Waals surface area contributed by atoms with E-state index in [1.807, 2.05) is 92.0 Å². The van der Waals surface area contributed by atoms with E-state index in [-0.39, 0.29) is 17.5 Å². The number of hydrazone groups is 1. The fourth-order valence-electron chi connectivity index (χ4n) is 5.15. The molecule has 2 aliphatic heterocycles. The third-order valence-electron chi connectivity index (χ3n) is 7.10. The predicted octanol–water partition coefficient (Wildman–Crippen LogP) is 6.39. The number of carbonyl (C=O) groups excluding carboxylic acids is 3. The number of thioether (sulfide) groups is 1. The van der Waals surface area contributed by atoms with Gasteiger partial charge in [0.05, 0.1) is 9.88 Å². The average molecular weight is 644 g/mol. The van der Waals surface area contributed by atoms with E-state index in [2.05, 4.69) is 15.5 Å². The van der Waals surface area contributed by atoms with Crippen LogP contribution in [0.5, 0.6) is 0 Å². The molecule has 0 spiro atoms. The molecular weight excluding hydrogens is 615 g/mol. The summed E-state index contributed by atoms with van der Waals surface area (Å²) in [5.74, 6) is -0.765. The molecule has 1 saturated heterocycles. The lowest BCUT2D eigenvalue weighted by Gasteiger charge is -2.52. The Morgan fingerprint density at radius 2 is 1.70 bits per heavy atom. The van der Waals surface area contributed by atoms with Crippen LogP contribution in [0.25, 0.3) is 5.57 Å².